The number of nitrogens with one attached hydrogen (secondary N) is 2. The molecule has 0 bridgehead atoms. The van der Waals surface area contributed by atoms with Crippen LogP contribution in [0.25, 0.3) is 0 Å². The highest BCUT2D eigenvalue weighted by molar-refractivity contribution is 9.10. The molecule has 1 saturated heterocycles. The highest BCUT2D eigenvalue weighted by Gasteiger charge is 2.21. The molecule has 1 aromatic rings. The van der Waals surface area contributed by atoms with Crippen molar-refractivity contribution < 1.29 is 13.9 Å². The number of rotatable bonds is 4. The van der Waals surface area contributed by atoms with E-state index in [1.165, 1.54) is 18.2 Å². The lowest BCUT2D eigenvalue weighted by Crippen LogP contribution is -2.43. The summed E-state index contributed by atoms with van der Waals surface area (Å²) in [6.45, 7) is 3.38. The molecule has 1 aliphatic rings. The molecule has 1 aliphatic heterocycles. The van der Waals surface area contributed by atoms with E-state index in [1.54, 1.807) is 6.92 Å². The Balaban J connectivity index is 1.92. The normalized spacial score (nSPS) is 20.1. The maximum absolute atomic E-state index is 12.9. The predicted molar refractivity (Wildman–Crippen MR) is 73.6 cm³/mol. The van der Waals surface area contributed by atoms with Gasteiger partial charge in [-0.05, 0) is 54.0 Å². The first-order valence-electron chi connectivity index (χ1n) is 6.19. The minimum atomic E-state index is -0.623. The molecule has 1 aromatic carbocycles. The molecule has 1 fully saturated rings. The van der Waals surface area contributed by atoms with Crippen molar-refractivity contribution in [1.29, 1.82) is 0 Å². The van der Waals surface area contributed by atoms with Crippen LogP contribution in [0.4, 0.5) is 4.39 Å². The number of hydrogen-bond acceptors (Lipinski definition) is 3. The van der Waals surface area contributed by atoms with Crippen molar-refractivity contribution in [2.24, 2.45) is 0 Å². The van der Waals surface area contributed by atoms with Crippen molar-refractivity contribution in [2.75, 3.05) is 13.1 Å². The Kier molecular flexibility index (Phi) is 4.76. The highest BCUT2D eigenvalue weighted by Crippen LogP contribution is 2.26. The summed E-state index contributed by atoms with van der Waals surface area (Å²) in [6.07, 6.45) is 0.306. The average Bonchev–Trinajstić information content (AvgIpc) is 2.85. The molecule has 2 atom stereocenters. The van der Waals surface area contributed by atoms with Crippen molar-refractivity contribution in [3.8, 4) is 5.75 Å². The molecule has 6 heteroatoms. The van der Waals surface area contributed by atoms with E-state index in [0.717, 1.165) is 19.5 Å². The fraction of sp³-hybridized carbons (Fsp3) is 0.462. The molecule has 104 valence electrons. The summed E-state index contributed by atoms with van der Waals surface area (Å²) in [5, 5.41) is 6.09. The molecular weight excluding hydrogens is 315 g/mol. The highest BCUT2D eigenvalue weighted by atomic mass is 79.9. The second-order valence-electron chi connectivity index (χ2n) is 4.53. The minimum Gasteiger partial charge on any atom is -0.480 e. The van der Waals surface area contributed by atoms with Gasteiger partial charge in [0.2, 0.25) is 0 Å². The summed E-state index contributed by atoms with van der Waals surface area (Å²) in [5.41, 5.74) is 0. The van der Waals surface area contributed by atoms with Crippen LogP contribution in [-0.4, -0.2) is 31.1 Å². The molecule has 0 aliphatic carbocycles. The van der Waals surface area contributed by atoms with Crippen LogP contribution in [0.1, 0.15) is 13.3 Å². The fourth-order valence-electron chi connectivity index (χ4n) is 1.91. The van der Waals surface area contributed by atoms with Crippen LogP contribution in [0, 0.1) is 5.82 Å². The van der Waals surface area contributed by atoms with E-state index in [2.05, 4.69) is 26.6 Å². The van der Waals surface area contributed by atoms with E-state index in [1.807, 2.05) is 0 Å². The first-order valence-corrected chi connectivity index (χ1v) is 6.98. The quantitative estimate of drug-likeness (QED) is 0.885. The molecular formula is C13H16BrFN2O2. The van der Waals surface area contributed by atoms with Crippen molar-refractivity contribution in [3.63, 3.8) is 0 Å². The lowest BCUT2D eigenvalue weighted by Gasteiger charge is -2.18. The Hall–Kier alpha value is -1.14. The third-order valence-electron chi connectivity index (χ3n) is 2.97. The van der Waals surface area contributed by atoms with E-state index < -0.39 is 6.10 Å². The van der Waals surface area contributed by atoms with Crippen LogP contribution in [0.3, 0.4) is 0 Å². The SMILES string of the molecule is CC(Oc1ccc(F)cc1Br)C(=O)NC1CCNC1. The van der Waals surface area contributed by atoms with Crippen LogP contribution in [0.2, 0.25) is 0 Å². The second kappa shape index (κ2) is 6.34. The molecule has 0 aromatic heterocycles. The zero-order valence-corrected chi connectivity index (χ0v) is 12.2. The average molecular weight is 331 g/mol. The first kappa shape index (κ1) is 14.3. The zero-order chi connectivity index (χ0) is 13.8. The Morgan fingerprint density at radius 1 is 1.63 bits per heavy atom. The van der Waals surface area contributed by atoms with Crippen LogP contribution in [-0.2, 0) is 4.79 Å². The van der Waals surface area contributed by atoms with Gasteiger partial charge in [0.25, 0.3) is 5.91 Å². The molecule has 0 spiro atoms. The lowest BCUT2D eigenvalue weighted by atomic mass is 10.2. The predicted octanol–water partition coefficient (Wildman–Crippen LogP) is 1.83. The largest absolute Gasteiger partial charge is 0.480 e. The maximum Gasteiger partial charge on any atom is 0.261 e. The molecule has 1 heterocycles. The lowest BCUT2D eigenvalue weighted by molar-refractivity contribution is -0.127. The molecule has 0 radical (unpaired) electrons. The van der Waals surface area contributed by atoms with Crippen molar-refractivity contribution in [2.45, 2.75) is 25.5 Å². The second-order valence-corrected chi connectivity index (χ2v) is 5.39. The summed E-state index contributed by atoms with van der Waals surface area (Å²) in [7, 11) is 0. The van der Waals surface area contributed by atoms with Gasteiger partial charge in [-0.3, -0.25) is 4.79 Å². The maximum atomic E-state index is 12.9. The molecule has 0 saturated carbocycles. The van der Waals surface area contributed by atoms with Gasteiger partial charge in [-0.1, -0.05) is 0 Å². The van der Waals surface area contributed by atoms with E-state index >= 15 is 0 Å². The van der Waals surface area contributed by atoms with Gasteiger partial charge < -0.3 is 15.4 Å². The van der Waals surface area contributed by atoms with Gasteiger partial charge >= 0.3 is 0 Å². The summed E-state index contributed by atoms with van der Waals surface area (Å²) in [4.78, 5) is 11.9. The zero-order valence-electron chi connectivity index (χ0n) is 10.6. The molecule has 2 rings (SSSR count). The number of halogens is 2. The number of carbonyl (C=O) groups is 1. The smallest absolute Gasteiger partial charge is 0.261 e. The Labute approximate surface area is 119 Å². The van der Waals surface area contributed by atoms with Gasteiger partial charge in [0, 0.05) is 12.6 Å². The Bertz CT molecular complexity index is 464. The summed E-state index contributed by atoms with van der Waals surface area (Å²) >= 11 is 3.21. The van der Waals surface area contributed by atoms with Crippen LogP contribution in [0.15, 0.2) is 22.7 Å². The van der Waals surface area contributed by atoms with Crippen LogP contribution < -0.4 is 15.4 Å². The minimum absolute atomic E-state index is 0.162. The van der Waals surface area contributed by atoms with Gasteiger partial charge in [0.1, 0.15) is 11.6 Å². The topological polar surface area (TPSA) is 50.4 Å². The van der Waals surface area contributed by atoms with Gasteiger partial charge in [-0.15, -0.1) is 0 Å². The van der Waals surface area contributed by atoms with E-state index in [9.17, 15) is 9.18 Å². The van der Waals surface area contributed by atoms with Crippen molar-refractivity contribution in [3.05, 3.63) is 28.5 Å². The van der Waals surface area contributed by atoms with Crippen LogP contribution >= 0.6 is 15.9 Å². The number of hydrogen-bond donors (Lipinski definition) is 2. The molecule has 2 N–H and O–H groups in total. The monoisotopic (exact) mass is 330 g/mol. The van der Waals surface area contributed by atoms with Gasteiger partial charge in [-0.25, -0.2) is 4.39 Å². The van der Waals surface area contributed by atoms with Gasteiger partial charge in [0.05, 0.1) is 4.47 Å². The van der Waals surface area contributed by atoms with E-state index in [-0.39, 0.29) is 17.8 Å². The third-order valence-corrected chi connectivity index (χ3v) is 3.59. The summed E-state index contributed by atoms with van der Waals surface area (Å²) in [5.74, 6) is -0.0631. The van der Waals surface area contributed by atoms with Gasteiger partial charge in [0.15, 0.2) is 6.10 Å². The third kappa shape index (κ3) is 3.91. The Morgan fingerprint density at radius 3 is 3.05 bits per heavy atom. The van der Waals surface area contributed by atoms with E-state index in [0.29, 0.717) is 10.2 Å². The molecule has 2 unspecified atom stereocenters. The Morgan fingerprint density at radius 2 is 2.42 bits per heavy atom. The number of benzene rings is 1. The summed E-state index contributed by atoms with van der Waals surface area (Å²) < 4.78 is 19.0. The number of amides is 1. The molecule has 4 nitrogen and oxygen atoms in total. The van der Waals surface area contributed by atoms with E-state index in [4.69, 9.17) is 4.74 Å². The molecule has 19 heavy (non-hydrogen) atoms. The molecule has 1 amide bonds. The summed E-state index contributed by atoms with van der Waals surface area (Å²) in [6, 6.07) is 4.27. The number of carbonyl (C=O) groups excluding carboxylic acids is 1. The van der Waals surface area contributed by atoms with Crippen molar-refractivity contribution >= 4 is 21.8 Å². The number of ether oxygens (including phenoxy) is 1. The fourth-order valence-corrected chi connectivity index (χ4v) is 2.36. The van der Waals surface area contributed by atoms with Crippen molar-refractivity contribution in [1.82, 2.24) is 10.6 Å². The standard InChI is InChI=1S/C13H16BrFN2O2/c1-8(13(18)17-10-4-5-16-7-10)19-12-3-2-9(15)6-11(12)14/h2-3,6,8,10,16H,4-5,7H2,1H3,(H,17,18). The van der Waals surface area contributed by atoms with Crippen LogP contribution in [0.5, 0.6) is 5.75 Å². The van der Waals surface area contributed by atoms with Gasteiger partial charge in [-0.2, -0.15) is 0 Å². The first-order chi connectivity index (χ1) is 9.06.